The van der Waals surface area contributed by atoms with Gasteiger partial charge in [-0.15, -0.1) is 11.3 Å². The van der Waals surface area contributed by atoms with E-state index in [1.54, 1.807) is 17.5 Å². The third kappa shape index (κ3) is 2.37. The number of aromatic nitrogens is 2. The van der Waals surface area contributed by atoms with E-state index in [0.29, 0.717) is 0 Å². The topological polar surface area (TPSA) is 63.8 Å². The van der Waals surface area contributed by atoms with Gasteiger partial charge in [0.2, 0.25) is 0 Å². The molecule has 2 rings (SSSR count). The highest BCUT2D eigenvalue weighted by Gasteiger charge is 2.13. The minimum absolute atomic E-state index is 0.192. The Labute approximate surface area is 98.6 Å². The van der Waals surface area contributed by atoms with Gasteiger partial charge in [0.1, 0.15) is 0 Å². The molecule has 0 spiro atoms. The molecule has 0 amide bonds. The Morgan fingerprint density at radius 2 is 2.44 bits per heavy atom. The molecule has 3 N–H and O–H groups in total. The molecule has 0 aliphatic carbocycles. The van der Waals surface area contributed by atoms with Gasteiger partial charge in [-0.25, -0.2) is 4.98 Å². The Hall–Kier alpha value is -1.46. The lowest BCUT2D eigenvalue weighted by Gasteiger charge is -2.14. The number of nitrogens with one attached hydrogen (secondary N) is 1. The lowest BCUT2D eigenvalue weighted by atomic mass is 10.0. The first-order valence-electron chi connectivity index (χ1n) is 5.05. The van der Waals surface area contributed by atoms with Gasteiger partial charge in [0.25, 0.3) is 0 Å². The van der Waals surface area contributed by atoms with Gasteiger partial charge in [-0.05, 0) is 25.1 Å². The zero-order chi connectivity index (χ0) is 11.4. The van der Waals surface area contributed by atoms with Crippen LogP contribution in [0.1, 0.15) is 17.3 Å². The maximum atomic E-state index is 5.89. The fraction of sp³-hybridized carbons (Fsp3) is 0.273. The molecule has 0 aromatic carbocycles. The van der Waals surface area contributed by atoms with E-state index in [2.05, 4.69) is 15.3 Å². The van der Waals surface area contributed by atoms with Crippen molar-refractivity contribution in [3.05, 3.63) is 40.6 Å². The second-order valence-corrected chi connectivity index (χ2v) is 4.25. The van der Waals surface area contributed by atoms with Crippen molar-refractivity contribution in [3.63, 3.8) is 0 Å². The minimum atomic E-state index is 0.192. The van der Waals surface area contributed by atoms with Crippen LogP contribution in [-0.4, -0.2) is 17.0 Å². The molecule has 5 heteroatoms. The van der Waals surface area contributed by atoms with Crippen LogP contribution < -0.4 is 11.1 Å². The third-order valence-electron chi connectivity index (χ3n) is 2.52. The van der Waals surface area contributed by atoms with E-state index in [1.807, 2.05) is 30.2 Å². The van der Waals surface area contributed by atoms with E-state index in [-0.39, 0.29) is 6.04 Å². The van der Waals surface area contributed by atoms with Crippen molar-refractivity contribution in [2.75, 3.05) is 12.8 Å². The maximum absolute atomic E-state index is 5.89. The summed E-state index contributed by atoms with van der Waals surface area (Å²) in [5.74, 6) is 0. The molecule has 2 heterocycles. The first-order valence-corrected chi connectivity index (χ1v) is 5.99. The van der Waals surface area contributed by atoms with Crippen LogP contribution in [0.2, 0.25) is 0 Å². The van der Waals surface area contributed by atoms with Gasteiger partial charge < -0.3 is 11.1 Å². The van der Waals surface area contributed by atoms with Crippen LogP contribution in [0.25, 0.3) is 0 Å². The molecule has 84 valence electrons. The lowest BCUT2D eigenvalue weighted by Crippen LogP contribution is -2.19. The summed E-state index contributed by atoms with van der Waals surface area (Å²) in [6.07, 6.45) is 4.32. The van der Waals surface area contributed by atoms with Crippen LogP contribution in [0, 0.1) is 0 Å². The number of pyridine rings is 1. The van der Waals surface area contributed by atoms with Crippen LogP contribution in [0.15, 0.2) is 29.4 Å². The lowest BCUT2D eigenvalue weighted by molar-refractivity contribution is 0.579. The van der Waals surface area contributed by atoms with Crippen molar-refractivity contribution >= 4 is 17.0 Å². The largest absolute Gasteiger partial charge is 0.398 e. The highest BCUT2D eigenvalue weighted by molar-refractivity contribution is 7.07. The van der Waals surface area contributed by atoms with Gasteiger partial charge >= 0.3 is 0 Å². The van der Waals surface area contributed by atoms with Gasteiger partial charge in [0, 0.05) is 23.5 Å². The molecule has 2 aromatic heterocycles. The fourth-order valence-corrected chi connectivity index (χ4v) is 2.18. The highest BCUT2D eigenvalue weighted by atomic mass is 32.1. The number of nitrogen functional groups attached to an aromatic ring is 1. The highest BCUT2D eigenvalue weighted by Crippen LogP contribution is 2.20. The van der Waals surface area contributed by atoms with E-state index >= 15 is 0 Å². The number of nitrogens with two attached hydrogens (primary N) is 1. The van der Waals surface area contributed by atoms with Gasteiger partial charge in [-0.2, -0.15) is 0 Å². The molecule has 1 unspecified atom stereocenters. The van der Waals surface area contributed by atoms with Crippen LogP contribution in [0.4, 0.5) is 5.69 Å². The van der Waals surface area contributed by atoms with Crippen molar-refractivity contribution in [1.82, 2.24) is 15.3 Å². The molecular formula is C11H14N4S. The van der Waals surface area contributed by atoms with Gasteiger partial charge in [-0.1, -0.05) is 0 Å². The van der Waals surface area contributed by atoms with Crippen LogP contribution in [-0.2, 0) is 6.42 Å². The number of nitrogens with zero attached hydrogens (tertiary/aromatic N) is 2. The summed E-state index contributed by atoms with van der Waals surface area (Å²) in [6, 6.07) is 2.01. The quantitative estimate of drug-likeness (QED) is 0.844. The number of rotatable bonds is 4. The zero-order valence-corrected chi connectivity index (χ0v) is 9.87. The molecule has 0 aliphatic heterocycles. The molecule has 0 bridgehead atoms. The normalized spacial score (nSPS) is 12.6. The molecule has 0 saturated heterocycles. The average molecular weight is 234 g/mol. The second-order valence-electron chi connectivity index (χ2n) is 3.53. The zero-order valence-electron chi connectivity index (χ0n) is 9.05. The molecular weight excluding hydrogens is 220 g/mol. The van der Waals surface area contributed by atoms with E-state index in [4.69, 9.17) is 5.73 Å². The molecule has 1 atom stereocenters. The summed E-state index contributed by atoms with van der Waals surface area (Å²) in [6.45, 7) is 0. The monoisotopic (exact) mass is 234 g/mol. The summed E-state index contributed by atoms with van der Waals surface area (Å²) in [5.41, 5.74) is 10.6. The fourth-order valence-electron chi connectivity index (χ4n) is 1.58. The average Bonchev–Trinajstić information content (AvgIpc) is 2.81. The Morgan fingerprint density at radius 3 is 3.06 bits per heavy atom. The minimum Gasteiger partial charge on any atom is -0.398 e. The summed E-state index contributed by atoms with van der Waals surface area (Å²) < 4.78 is 0. The van der Waals surface area contributed by atoms with E-state index in [9.17, 15) is 0 Å². The number of hydrogen-bond acceptors (Lipinski definition) is 5. The van der Waals surface area contributed by atoms with E-state index in [0.717, 1.165) is 23.4 Å². The van der Waals surface area contributed by atoms with Crippen molar-refractivity contribution in [2.24, 2.45) is 0 Å². The Kier molecular flexibility index (Phi) is 3.48. The van der Waals surface area contributed by atoms with Crippen molar-refractivity contribution in [3.8, 4) is 0 Å². The molecule has 16 heavy (non-hydrogen) atoms. The summed E-state index contributed by atoms with van der Waals surface area (Å²) in [5, 5.41) is 5.29. The SMILES string of the molecule is CNC(Cc1cnccc1N)c1cscn1. The molecule has 0 fully saturated rings. The van der Waals surface area contributed by atoms with E-state index < -0.39 is 0 Å². The van der Waals surface area contributed by atoms with Crippen molar-refractivity contribution in [1.29, 1.82) is 0 Å². The van der Waals surface area contributed by atoms with Gasteiger partial charge in [0.15, 0.2) is 0 Å². The standard InChI is InChI=1S/C11H14N4S/c1-13-10(11-6-16-7-15-11)4-8-5-14-3-2-9(8)12/h2-3,5-7,10,13H,4H2,1H3,(H2,12,14). The van der Waals surface area contributed by atoms with Crippen LogP contribution in [0.3, 0.4) is 0 Å². The first kappa shape index (κ1) is 11.0. The van der Waals surface area contributed by atoms with Gasteiger partial charge in [-0.3, -0.25) is 4.98 Å². The van der Waals surface area contributed by atoms with Crippen LogP contribution >= 0.6 is 11.3 Å². The molecule has 0 aliphatic rings. The van der Waals surface area contributed by atoms with Crippen LogP contribution in [0.5, 0.6) is 0 Å². The number of anilines is 1. The van der Waals surface area contributed by atoms with E-state index in [1.165, 1.54) is 0 Å². The van der Waals surface area contributed by atoms with Crippen molar-refractivity contribution in [2.45, 2.75) is 12.5 Å². The predicted molar refractivity (Wildman–Crippen MR) is 66.3 cm³/mol. The Morgan fingerprint density at radius 1 is 1.56 bits per heavy atom. The molecule has 4 nitrogen and oxygen atoms in total. The molecule has 0 radical (unpaired) electrons. The smallest absolute Gasteiger partial charge is 0.0795 e. The number of likely N-dealkylation sites (N-methyl/N-ethyl adjacent to an activating group) is 1. The molecule has 0 saturated carbocycles. The number of hydrogen-bond donors (Lipinski definition) is 2. The molecule has 2 aromatic rings. The predicted octanol–water partition coefficient (Wildman–Crippen LogP) is 1.62. The maximum Gasteiger partial charge on any atom is 0.0795 e. The second kappa shape index (κ2) is 5.05. The third-order valence-corrected chi connectivity index (χ3v) is 3.13. The van der Waals surface area contributed by atoms with Gasteiger partial charge in [0.05, 0.1) is 17.2 Å². The Bertz CT molecular complexity index is 441. The summed E-state index contributed by atoms with van der Waals surface area (Å²) in [7, 11) is 1.93. The number of thiazole rings is 1. The van der Waals surface area contributed by atoms with Crippen molar-refractivity contribution < 1.29 is 0 Å². The first-order chi connectivity index (χ1) is 7.81. The summed E-state index contributed by atoms with van der Waals surface area (Å²) in [4.78, 5) is 8.40. The summed E-state index contributed by atoms with van der Waals surface area (Å²) >= 11 is 1.60. The Balaban J connectivity index is 2.17.